The molecule has 1 N–H and O–H groups in total. The highest BCUT2D eigenvalue weighted by Gasteiger charge is 2.48. The molecule has 10 nitrogen and oxygen atoms in total. The average molecular weight is 551 g/mol. The maximum atomic E-state index is 13.5. The van der Waals surface area contributed by atoms with E-state index in [0.29, 0.717) is 28.5 Å². The summed E-state index contributed by atoms with van der Waals surface area (Å²) in [6, 6.07) is 10.3. The van der Waals surface area contributed by atoms with Gasteiger partial charge in [-0.05, 0) is 36.8 Å². The minimum absolute atomic E-state index is 0.00218. The first kappa shape index (κ1) is 27.4. The Balaban J connectivity index is 1.93. The molecule has 1 amide bonds. The number of thiazole rings is 1. The first-order valence-corrected chi connectivity index (χ1v) is 12.5. The number of anilines is 1. The number of amides is 1. The molecule has 1 aromatic heterocycles. The number of aliphatic hydroxyl groups excluding tert-OH is 1. The highest BCUT2D eigenvalue weighted by molar-refractivity contribution is 7.17. The van der Waals surface area contributed by atoms with E-state index in [9.17, 15) is 19.5 Å². The van der Waals surface area contributed by atoms with Crippen molar-refractivity contribution in [2.75, 3.05) is 32.8 Å². The largest absolute Gasteiger partial charge is 0.507 e. The fourth-order valence-corrected chi connectivity index (χ4v) is 5.16. The van der Waals surface area contributed by atoms with Gasteiger partial charge in [-0.2, -0.15) is 0 Å². The third kappa shape index (κ3) is 5.08. The quantitative estimate of drug-likeness (QED) is 0.135. The Bertz CT molecular complexity index is 1490. The van der Waals surface area contributed by atoms with E-state index in [2.05, 4.69) is 11.6 Å². The Morgan fingerprint density at radius 3 is 2.51 bits per heavy atom. The SMILES string of the molecule is C=CCOC(=O)c1sc(N2C(=O)C(=O)C(=C(O)c3cccc(OC)c3)C2c2ccc(OC)c(OC)c2)nc1C. The Morgan fingerprint density at radius 2 is 1.85 bits per heavy atom. The topological polar surface area (TPSA) is 124 Å². The molecule has 1 unspecified atom stereocenters. The smallest absolute Gasteiger partial charge is 0.350 e. The maximum absolute atomic E-state index is 13.5. The molecule has 1 fully saturated rings. The van der Waals surface area contributed by atoms with Crippen LogP contribution in [0.1, 0.15) is 32.5 Å². The number of rotatable bonds is 9. The highest BCUT2D eigenvalue weighted by atomic mass is 32.1. The lowest BCUT2D eigenvalue weighted by molar-refractivity contribution is -0.132. The molecule has 4 rings (SSSR count). The number of hydrogen-bond acceptors (Lipinski definition) is 10. The molecule has 202 valence electrons. The highest BCUT2D eigenvalue weighted by Crippen LogP contribution is 2.45. The number of nitrogens with zero attached hydrogens (tertiary/aromatic N) is 2. The van der Waals surface area contributed by atoms with Crippen LogP contribution in [-0.2, 0) is 14.3 Å². The zero-order valence-corrected chi connectivity index (χ0v) is 22.5. The molecule has 39 heavy (non-hydrogen) atoms. The summed E-state index contributed by atoms with van der Waals surface area (Å²) < 4.78 is 21.2. The van der Waals surface area contributed by atoms with Gasteiger partial charge in [0.15, 0.2) is 16.6 Å². The predicted molar refractivity (Wildman–Crippen MR) is 145 cm³/mol. The molecule has 0 aliphatic carbocycles. The van der Waals surface area contributed by atoms with Crippen LogP contribution in [0.15, 0.2) is 60.7 Å². The molecular formula is C28H26N2O8S. The lowest BCUT2D eigenvalue weighted by Crippen LogP contribution is -2.29. The van der Waals surface area contributed by atoms with Crippen LogP contribution in [0.2, 0.25) is 0 Å². The summed E-state index contributed by atoms with van der Waals surface area (Å²) in [5.74, 6) is -1.62. The van der Waals surface area contributed by atoms with Crippen molar-refractivity contribution >= 4 is 39.9 Å². The van der Waals surface area contributed by atoms with E-state index in [0.717, 1.165) is 16.2 Å². The van der Waals surface area contributed by atoms with Crippen LogP contribution >= 0.6 is 11.3 Å². The van der Waals surface area contributed by atoms with Gasteiger partial charge in [-0.1, -0.05) is 42.2 Å². The summed E-state index contributed by atoms with van der Waals surface area (Å²) in [5.41, 5.74) is 0.885. The number of esters is 1. The van der Waals surface area contributed by atoms with Gasteiger partial charge >= 0.3 is 11.9 Å². The fraction of sp³-hybridized carbons (Fsp3) is 0.214. The number of hydrogen-bond donors (Lipinski definition) is 1. The lowest BCUT2D eigenvalue weighted by Gasteiger charge is -2.23. The van der Waals surface area contributed by atoms with Gasteiger partial charge in [0.2, 0.25) is 0 Å². The van der Waals surface area contributed by atoms with E-state index in [1.165, 1.54) is 27.4 Å². The van der Waals surface area contributed by atoms with E-state index in [1.807, 2.05) is 0 Å². The number of aliphatic hydroxyl groups is 1. The predicted octanol–water partition coefficient (Wildman–Crippen LogP) is 4.45. The number of benzene rings is 2. The normalized spacial score (nSPS) is 16.2. The second-order valence-corrected chi connectivity index (χ2v) is 9.29. The van der Waals surface area contributed by atoms with Gasteiger partial charge in [0, 0.05) is 5.56 Å². The molecule has 2 heterocycles. The zero-order valence-electron chi connectivity index (χ0n) is 21.7. The summed E-state index contributed by atoms with van der Waals surface area (Å²) in [4.78, 5) is 45.3. The first-order chi connectivity index (χ1) is 18.7. The number of methoxy groups -OCH3 is 3. The Kier molecular flexibility index (Phi) is 8.01. The maximum Gasteiger partial charge on any atom is 0.350 e. The minimum Gasteiger partial charge on any atom is -0.507 e. The number of aryl methyl sites for hydroxylation is 1. The second kappa shape index (κ2) is 11.4. The monoisotopic (exact) mass is 550 g/mol. The molecule has 0 radical (unpaired) electrons. The standard InChI is InChI=1S/C28H26N2O8S/c1-6-12-38-27(34)25-15(2)29-28(39-25)30-22(16-10-11-19(36-4)20(14-16)37-5)21(24(32)26(30)33)23(31)17-8-7-9-18(13-17)35-3/h6-11,13-14,22,31H,1,12H2,2-5H3. The number of carbonyl (C=O) groups excluding carboxylic acids is 3. The van der Waals surface area contributed by atoms with Crippen molar-refractivity contribution in [1.82, 2.24) is 4.98 Å². The van der Waals surface area contributed by atoms with Crippen LogP contribution < -0.4 is 19.1 Å². The van der Waals surface area contributed by atoms with E-state index >= 15 is 0 Å². The zero-order chi connectivity index (χ0) is 28.3. The van der Waals surface area contributed by atoms with Crippen molar-refractivity contribution in [3.8, 4) is 17.2 Å². The van der Waals surface area contributed by atoms with Crippen molar-refractivity contribution in [3.05, 3.63) is 82.4 Å². The van der Waals surface area contributed by atoms with Gasteiger partial charge in [0.1, 0.15) is 23.0 Å². The van der Waals surface area contributed by atoms with Crippen LogP contribution in [-0.4, -0.2) is 55.7 Å². The number of carbonyl (C=O) groups is 3. The Hall–Kier alpha value is -4.64. The van der Waals surface area contributed by atoms with Crippen molar-refractivity contribution in [1.29, 1.82) is 0 Å². The van der Waals surface area contributed by atoms with Crippen molar-refractivity contribution < 1.29 is 38.4 Å². The summed E-state index contributed by atoms with van der Waals surface area (Å²) in [7, 11) is 4.42. The fourth-order valence-electron chi connectivity index (χ4n) is 4.17. The van der Waals surface area contributed by atoms with Gasteiger partial charge in [-0.25, -0.2) is 9.78 Å². The average Bonchev–Trinajstić information content (AvgIpc) is 3.47. The van der Waals surface area contributed by atoms with Gasteiger partial charge in [0.05, 0.1) is 38.6 Å². The summed E-state index contributed by atoms with van der Waals surface area (Å²) in [6.45, 7) is 5.13. The Morgan fingerprint density at radius 1 is 1.10 bits per heavy atom. The summed E-state index contributed by atoms with van der Waals surface area (Å²) >= 11 is 0.906. The van der Waals surface area contributed by atoms with E-state index < -0.39 is 29.5 Å². The van der Waals surface area contributed by atoms with Crippen LogP contribution in [0.5, 0.6) is 17.2 Å². The van der Waals surface area contributed by atoms with Gasteiger partial charge in [-0.15, -0.1) is 0 Å². The molecule has 1 aliphatic rings. The van der Waals surface area contributed by atoms with E-state index in [1.54, 1.807) is 49.4 Å². The Labute approximate surface area is 228 Å². The second-order valence-electron chi connectivity index (χ2n) is 8.31. The first-order valence-electron chi connectivity index (χ1n) is 11.7. The van der Waals surface area contributed by atoms with Gasteiger partial charge in [0.25, 0.3) is 5.78 Å². The summed E-state index contributed by atoms with van der Waals surface area (Å²) in [6.07, 6.45) is 1.43. The number of ketones is 1. The van der Waals surface area contributed by atoms with Gasteiger partial charge in [-0.3, -0.25) is 14.5 Å². The molecule has 1 saturated heterocycles. The van der Waals surface area contributed by atoms with Crippen LogP contribution in [0.3, 0.4) is 0 Å². The molecular weight excluding hydrogens is 524 g/mol. The molecule has 3 aromatic rings. The summed E-state index contributed by atoms with van der Waals surface area (Å²) in [5, 5.41) is 11.5. The lowest BCUT2D eigenvalue weighted by atomic mass is 9.95. The van der Waals surface area contributed by atoms with Crippen LogP contribution in [0.4, 0.5) is 5.13 Å². The molecule has 0 saturated carbocycles. The van der Waals surface area contributed by atoms with Crippen molar-refractivity contribution in [2.24, 2.45) is 0 Å². The van der Waals surface area contributed by atoms with Gasteiger partial charge < -0.3 is 24.1 Å². The number of ether oxygens (including phenoxy) is 4. The van der Waals surface area contributed by atoms with Crippen LogP contribution in [0.25, 0.3) is 5.76 Å². The third-order valence-corrected chi connectivity index (χ3v) is 7.16. The molecule has 1 atom stereocenters. The van der Waals surface area contributed by atoms with E-state index in [4.69, 9.17) is 18.9 Å². The molecule has 0 bridgehead atoms. The van der Waals surface area contributed by atoms with Crippen LogP contribution in [0, 0.1) is 6.92 Å². The molecule has 11 heteroatoms. The molecule has 1 aliphatic heterocycles. The number of Topliss-reactive ketones (excluding diaryl/α,β-unsaturated/α-hetero) is 1. The van der Waals surface area contributed by atoms with Crippen molar-refractivity contribution in [3.63, 3.8) is 0 Å². The van der Waals surface area contributed by atoms with Crippen molar-refractivity contribution in [2.45, 2.75) is 13.0 Å². The molecule has 0 spiro atoms. The third-order valence-electron chi connectivity index (χ3n) is 6.02. The number of aromatic nitrogens is 1. The molecule has 2 aromatic carbocycles. The minimum atomic E-state index is -1.10. The van der Waals surface area contributed by atoms with E-state index in [-0.39, 0.29) is 27.8 Å².